The number of sulfone groups is 1. The van der Waals surface area contributed by atoms with Gasteiger partial charge in [0.15, 0.2) is 27.1 Å². The fraction of sp³-hybridized carbons (Fsp3) is 0.280. The first-order chi connectivity index (χ1) is 16.3. The number of furan rings is 1. The van der Waals surface area contributed by atoms with E-state index in [1.165, 1.54) is 7.11 Å². The van der Waals surface area contributed by atoms with E-state index in [1.54, 1.807) is 49.6 Å². The van der Waals surface area contributed by atoms with Crippen molar-refractivity contribution < 1.29 is 26.8 Å². The maximum absolute atomic E-state index is 12.9. The zero-order valence-electron chi connectivity index (χ0n) is 19.4. The average molecular weight is 483 g/mol. The lowest BCUT2D eigenvalue weighted by atomic mass is 10.0. The monoisotopic (exact) mass is 482 g/mol. The molecule has 0 atom stereocenters. The van der Waals surface area contributed by atoms with Crippen LogP contribution in [0, 0.1) is 5.92 Å². The van der Waals surface area contributed by atoms with Gasteiger partial charge in [0.25, 0.3) is 5.89 Å². The SMILES string of the molecule is COc1cccc(-c2noc(-c3ccc(CS(=O)(=O)c4ccc(CC(C)C)cc4)o3)n2)c1OC. The van der Waals surface area contributed by atoms with E-state index >= 15 is 0 Å². The average Bonchev–Trinajstić information content (AvgIpc) is 3.48. The predicted octanol–water partition coefficient (Wildman–Crippen LogP) is 5.19. The second-order valence-corrected chi connectivity index (χ2v) is 10.2. The minimum absolute atomic E-state index is 0.126. The molecule has 0 aliphatic carbocycles. The molecule has 0 amide bonds. The van der Waals surface area contributed by atoms with E-state index in [2.05, 4.69) is 24.0 Å². The molecule has 2 aromatic heterocycles. The number of hydrogen-bond donors (Lipinski definition) is 0. The third kappa shape index (κ3) is 4.99. The van der Waals surface area contributed by atoms with E-state index in [0.29, 0.717) is 23.0 Å². The number of para-hydroxylation sites is 1. The third-order valence-corrected chi connectivity index (χ3v) is 6.86. The summed E-state index contributed by atoms with van der Waals surface area (Å²) in [5, 5.41) is 4.01. The standard InChI is InChI=1S/C25H26N2O6S/c1-16(2)14-17-8-11-19(12-9-17)34(28,29)15-18-10-13-22(32-18)25-26-24(27-33-25)20-6-5-7-21(30-3)23(20)31-4/h5-13,16H,14-15H2,1-4H3. The summed E-state index contributed by atoms with van der Waals surface area (Å²) >= 11 is 0. The second kappa shape index (κ2) is 9.72. The lowest BCUT2D eigenvalue weighted by molar-refractivity contribution is 0.355. The van der Waals surface area contributed by atoms with Crippen molar-refractivity contribution in [3.05, 3.63) is 65.9 Å². The highest BCUT2D eigenvalue weighted by molar-refractivity contribution is 7.90. The molecule has 0 saturated heterocycles. The number of hydrogen-bond acceptors (Lipinski definition) is 8. The molecule has 0 radical (unpaired) electrons. The summed E-state index contributed by atoms with van der Waals surface area (Å²) in [4.78, 5) is 4.63. The van der Waals surface area contributed by atoms with E-state index in [4.69, 9.17) is 18.4 Å². The maximum Gasteiger partial charge on any atom is 0.293 e. The van der Waals surface area contributed by atoms with Crippen LogP contribution in [-0.2, 0) is 22.0 Å². The highest BCUT2D eigenvalue weighted by atomic mass is 32.2. The first-order valence-corrected chi connectivity index (χ1v) is 12.4. The van der Waals surface area contributed by atoms with Crippen LogP contribution < -0.4 is 9.47 Å². The number of rotatable bonds is 9. The Balaban J connectivity index is 1.53. The van der Waals surface area contributed by atoms with Gasteiger partial charge in [-0.1, -0.05) is 37.2 Å². The molecule has 0 aliphatic heterocycles. The van der Waals surface area contributed by atoms with Crippen molar-refractivity contribution in [3.8, 4) is 34.5 Å². The summed E-state index contributed by atoms with van der Waals surface area (Å²) < 4.78 is 47.5. The molecule has 0 bridgehead atoms. The first-order valence-electron chi connectivity index (χ1n) is 10.8. The van der Waals surface area contributed by atoms with Gasteiger partial charge in [0.05, 0.1) is 24.7 Å². The zero-order chi connectivity index (χ0) is 24.3. The van der Waals surface area contributed by atoms with Crippen molar-refractivity contribution in [2.75, 3.05) is 14.2 Å². The van der Waals surface area contributed by atoms with Crippen molar-refractivity contribution in [1.82, 2.24) is 10.1 Å². The summed E-state index contributed by atoms with van der Waals surface area (Å²) in [5.41, 5.74) is 1.70. The summed E-state index contributed by atoms with van der Waals surface area (Å²) in [6.07, 6.45) is 0.898. The Morgan fingerprint density at radius 3 is 2.41 bits per heavy atom. The Bertz CT molecular complexity index is 1370. The molecular weight excluding hydrogens is 456 g/mol. The van der Waals surface area contributed by atoms with Crippen LogP contribution in [0.15, 0.2) is 68.4 Å². The zero-order valence-corrected chi connectivity index (χ0v) is 20.3. The van der Waals surface area contributed by atoms with E-state index in [-0.39, 0.29) is 33.9 Å². The summed E-state index contributed by atoms with van der Waals surface area (Å²) in [7, 11) is -0.502. The van der Waals surface area contributed by atoms with Gasteiger partial charge >= 0.3 is 0 Å². The first kappa shape index (κ1) is 23.6. The van der Waals surface area contributed by atoms with Gasteiger partial charge in [0, 0.05) is 0 Å². The lowest BCUT2D eigenvalue weighted by Crippen LogP contribution is -2.04. The quantitative estimate of drug-likeness (QED) is 0.321. The Morgan fingerprint density at radius 1 is 0.971 bits per heavy atom. The maximum atomic E-state index is 12.9. The number of ether oxygens (including phenoxy) is 2. The minimum Gasteiger partial charge on any atom is -0.493 e. The van der Waals surface area contributed by atoms with Crippen molar-refractivity contribution in [2.24, 2.45) is 5.92 Å². The van der Waals surface area contributed by atoms with Crippen LogP contribution in [0.2, 0.25) is 0 Å². The third-order valence-electron chi connectivity index (χ3n) is 5.20. The van der Waals surface area contributed by atoms with Crippen LogP contribution in [0.1, 0.15) is 25.2 Å². The highest BCUT2D eigenvalue weighted by Crippen LogP contribution is 2.37. The second-order valence-electron chi connectivity index (χ2n) is 8.23. The van der Waals surface area contributed by atoms with Gasteiger partial charge in [-0.15, -0.1) is 0 Å². The summed E-state index contributed by atoms with van der Waals surface area (Å²) in [5.74, 6) is 2.20. The number of aromatic nitrogens is 2. The molecule has 0 saturated carbocycles. The van der Waals surface area contributed by atoms with Gasteiger partial charge in [-0.05, 0) is 54.3 Å². The molecule has 2 aromatic carbocycles. The van der Waals surface area contributed by atoms with Crippen molar-refractivity contribution in [3.63, 3.8) is 0 Å². The number of nitrogens with zero attached hydrogens (tertiary/aromatic N) is 2. The van der Waals surface area contributed by atoms with Gasteiger partial charge in [0.2, 0.25) is 5.82 Å². The molecular formula is C25H26N2O6S. The Morgan fingerprint density at radius 2 is 1.74 bits per heavy atom. The van der Waals surface area contributed by atoms with Crippen molar-refractivity contribution in [2.45, 2.75) is 30.9 Å². The van der Waals surface area contributed by atoms with Crippen molar-refractivity contribution >= 4 is 9.84 Å². The van der Waals surface area contributed by atoms with Crippen molar-refractivity contribution in [1.29, 1.82) is 0 Å². The molecule has 178 valence electrons. The fourth-order valence-electron chi connectivity index (χ4n) is 3.64. The van der Waals surface area contributed by atoms with Crippen LogP contribution in [0.25, 0.3) is 23.0 Å². The van der Waals surface area contributed by atoms with Gasteiger partial charge in [-0.25, -0.2) is 8.42 Å². The number of benzene rings is 2. The molecule has 0 spiro atoms. The van der Waals surface area contributed by atoms with Crippen LogP contribution in [0.5, 0.6) is 11.5 Å². The van der Waals surface area contributed by atoms with Crippen LogP contribution >= 0.6 is 0 Å². The van der Waals surface area contributed by atoms with Gasteiger partial charge in [-0.3, -0.25) is 0 Å². The van der Waals surface area contributed by atoms with Gasteiger partial charge in [-0.2, -0.15) is 4.98 Å². The normalized spacial score (nSPS) is 11.7. The van der Waals surface area contributed by atoms with Gasteiger partial charge < -0.3 is 18.4 Å². The lowest BCUT2D eigenvalue weighted by Gasteiger charge is -2.09. The number of methoxy groups -OCH3 is 2. The van der Waals surface area contributed by atoms with Crippen LogP contribution in [-0.4, -0.2) is 32.8 Å². The molecule has 2 heterocycles. The molecule has 0 fully saturated rings. The topological polar surface area (TPSA) is 105 Å². The van der Waals surface area contributed by atoms with E-state index in [9.17, 15) is 8.42 Å². The molecule has 8 nitrogen and oxygen atoms in total. The van der Waals surface area contributed by atoms with Gasteiger partial charge in [0.1, 0.15) is 11.5 Å². The molecule has 0 N–H and O–H groups in total. The Labute approximate surface area is 198 Å². The molecule has 0 unspecified atom stereocenters. The largest absolute Gasteiger partial charge is 0.493 e. The highest BCUT2D eigenvalue weighted by Gasteiger charge is 2.22. The molecule has 4 aromatic rings. The van der Waals surface area contributed by atoms with E-state index < -0.39 is 9.84 Å². The summed E-state index contributed by atoms with van der Waals surface area (Å²) in [6.45, 7) is 4.25. The molecule has 0 aliphatic rings. The summed E-state index contributed by atoms with van der Waals surface area (Å²) in [6, 6.07) is 15.5. The van der Waals surface area contributed by atoms with Crippen LogP contribution in [0.3, 0.4) is 0 Å². The fourth-order valence-corrected chi connectivity index (χ4v) is 4.89. The molecule has 9 heteroatoms. The Kier molecular flexibility index (Phi) is 6.74. The van der Waals surface area contributed by atoms with Crippen LogP contribution in [0.4, 0.5) is 0 Å². The van der Waals surface area contributed by atoms with E-state index in [0.717, 1.165) is 12.0 Å². The molecule has 4 rings (SSSR count). The minimum atomic E-state index is -3.57. The predicted molar refractivity (Wildman–Crippen MR) is 126 cm³/mol. The molecule has 34 heavy (non-hydrogen) atoms. The Hall–Kier alpha value is -3.59. The van der Waals surface area contributed by atoms with E-state index in [1.807, 2.05) is 12.1 Å². The smallest absolute Gasteiger partial charge is 0.293 e.